The third kappa shape index (κ3) is 2.23. The van der Waals surface area contributed by atoms with Crippen molar-refractivity contribution < 1.29 is 4.79 Å². The van der Waals surface area contributed by atoms with Crippen LogP contribution in [0.2, 0.25) is 5.28 Å². The summed E-state index contributed by atoms with van der Waals surface area (Å²) in [5.74, 6) is -0.208. The highest BCUT2D eigenvalue weighted by Gasteiger charge is 2.11. The van der Waals surface area contributed by atoms with Gasteiger partial charge in [0.05, 0.1) is 0 Å². The van der Waals surface area contributed by atoms with Crippen molar-refractivity contribution in [1.82, 2.24) is 15.0 Å². The Morgan fingerprint density at radius 3 is 2.88 bits per heavy atom. The van der Waals surface area contributed by atoms with E-state index in [0.29, 0.717) is 5.56 Å². The molecule has 0 atom stereocenters. The van der Waals surface area contributed by atoms with Gasteiger partial charge in [0, 0.05) is 24.2 Å². The van der Waals surface area contributed by atoms with Gasteiger partial charge < -0.3 is 0 Å². The highest BCUT2D eigenvalue weighted by molar-refractivity contribution is 6.28. The van der Waals surface area contributed by atoms with Gasteiger partial charge >= 0.3 is 0 Å². The molecule has 0 N–H and O–H groups in total. The fraction of sp³-hybridized carbons (Fsp3) is 0.0909. The van der Waals surface area contributed by atoms with Gasteiger partial charge in [0.15, 0.2) is 0 Å². The van der Waals surface area contributed by atoms with Crippen LogP contribution in [0.5, 0.6) is 0 Å². The quantitative estimate of drug-likeness (QED) is 0.589. The summed E-state index contributed by atoms with van der Waals surface area (Å²) in [6.45, 7) is 1.87. The van der Waals surface area contributed by atoms with E-state index < -0.39 is 0 Å². The molecule has 2 rings (SSSR count). The van der Waals surface area contributed by atoms with Gasteiger partial charge in [-0.25, -0.2) is 9.97 Å². The minimum atomic E-state index is -0.208. The van der Waals surface area contributed by atoms with Gasteiger partial charge in [0.2, 0.25) is 11.1 Å². The van der Waals surface area contributed by atoms with Crippen molar-refractivity contribution in [2.24, 2.45) is 0 Å². The Kier molecular flexibility index (Phi) is 2.92. The molecule has 2 heterocycles. The lowest BCUT2D eigenvalue weighted by Crippen LogP contribution is -2.05. The molecule has 0 aliphatic rings. The zero-order valence-electron chi connectivity index (χ0n) is 8.51. The lowest BCUT2D eigenvalue weighted by molar-refractivity contribution is 0.103. The van der Waals surface area contributed by atoms with E-state index in [1.807, 2.05) is 6.92 Å². The van der Waals surface area contributed by atoms with Crippen LogP contribution >= 0.6 is 11.6 Å². The Labute approximate surface area is 97.3 Å². The summed E-state index contributed by atoms with van der Waals surface area (Å²) in [6, 6.07) is 3.28. The smallest absolute Gasteiger partial charge is 0.222 e. The normalized spacial score (nSPS) is 10.1. The average molecular weight is 234 g/mol. The van der Waals surface area contributed by atoms with E-state index in [1.54, 1.807) is 12.3 Å². The fourth-order valence-corrected chi connectivity index (χ4v) is 1.44. The second kappa shape index (κ2) is 4.37. The molecule has 5 heteroatoms. The first-order valence-corrected chi connectivity index (χ1v) is 4.99. The zero-order chi connectivity index (χ0) is 11.5. The van der Waals surface area contributed by atoms with Crippen molar-refractivity contribution in [3.05, 3.63) is 52.8 Å². The molecule has 0 aliphatic carbocycles. The molecule has 0 fully saturated rings. The summed E-state index contributed by atoms with van der Waals surface area (Å²) in [4.78, 5) is 23.5. The molecule has 80 valence electrons. The highest BCUT2D eigenvalue weighted by atomic mass is 35.5. The molecule has 0 saturated heterocycles. The second-order valence-electron chi connectivity index (χ2n) is 3.29. The summed E-state index contributed by atoms with van der Waals surface area (Å²) in [6.07, 6.45) is 4.64. The number of pyridine rings is 1. The Balaban J connectivity index is 2.39. The van der Waals surface area contributed by atoms with Crippen LogP contribution in [0.4, 0.5) is 0 Å². The van der Waals surface area contributed by atoms with Crippen molar-refractivity contribution in [3.8, 4) is 0 Å². The first-order valence-electron chi connectivity index (χ1n) is 4.62. The van der Waals surface area contributed by atoms with Crippen LogP contribution in [0.1, 0.15) is 21.6 Å². The standard InChI is InChI=1S/C11H8ClN3O/c1-7-4-8(6-13-5-7)10(16)9-2-3-14-11(12)15-9/h2-6H,1H3. The average Bonchev–Trinajstić information content (AvgIpc) is 2.28. The third-order valence-corrected chi connectivity index (χ3v) is 2.18. The first kappa shape index (κ1) is 10.7. The molecule has 0 saturated carbocycles. The summed E-state index contributed by atoms with van der Waals surface area (Å²) in [5.41, 5.74) is 1.69. The Bertz CT molecular complexity index is 495. The number of hydrogen-bond donors (Lipinski definition) is 0. The van der Waals surface area contributed by atoms with E-state index in [0.717, 1.165) is 5.56 Å². The minimum Gasteiger partial charge on any atom is -0.287 e. The number of nitrogens with zero attached hydrogens (tertiary/aromatic N) is 3. The maximum absolute atomic E-state index is 12.0. The first-order chi connectivity index (χ1) is 7.66. The van der Waals surface area contributed by atoms with Crippen LogP contribution in [0, 0.1) is 6.92 Å². The predicted molar refractivity (Wildman–Crippen MR) is 59.4 cm³/mol. The van der Waals surface area contributed by atoms with Gasteiger partial charge in [-0.15, -0.1) is 0 Å². The topological polar surface area (TPSA) is 55.7 Å². The van der Waals surface area contributed by atoms with E-state index >= 15 is 0 Å². The molecule has 4 nitrogen and oxygen atoms in total. The summed E-state index contributed by atoms with van der Waals surface area (Å²) >= 11 is 5.62. The van der Waals surface area contributed by atoms with Crippen molar-refractivity contribution in [2.75, 3.05) is 0 Å². The fourth-order valence-electron chi connectivity index (χ4n) is 1.29. The van der Waals surface area contributed by atoms with Crippen molar-refractivity contribution in [1.29, 1.82) is 0 Å². The number of rotatable bonds is 2. The van der Waals surface area contributed by atoms with E-state index in [9.17, 15) is 4.79 Å². The summed E-state index contributed by atoms with van der Waals surface area (Å²) in [5, 5.41) is 0.0615. The molecule has 0 radical (unpaired) electrons. The molecule has 16 heavy (non-hydrogen) atoms. The second-order valence-corrected chi connectivity index (χ2v) is 3.63. The van der Waals surface area contributed by atoms with Gasteiger partial charge in [-0.2, -0.15) is 0 Å². The van der Waals surface area contributed by atoms with Crippen molar-refractivity contribution >= 4 is 17.4 Å². The van der Waals surface area contributed by atoms with Gasteiger partial charge in [0.25, 0.3) is 0 Å². The predicted octanol–water partition coefficient (Wildman–Crippen LogP) is 2.06. The minimum absolute atomic E-state index is 0.0615. The number of ketones is 1. The molecule has 0 spiro atoms. The van der Waals surface area contributed by atoms with Gasteiger partial charge in [0.1, 0.15) is 5.69 Å². The van der Waals surface area contributed by atoms with Gasteiger partial charge in [-0.1, -0.05) is 0 Å². The zero-order valence-corrected chi connectivity index (χ0v) is 9.27. The van der Waals surface area contributed by atoms with E-state index in [1.165, 1.54) is 18.5 Å². The van der Waals surface area contributed by atoms with E-state index in [4.69, 9.17) is 11.6 Å². The van der Waals surface area contributed by atoms with Crippen molar-refractivity contribution in [3.63, 3.8) is 0 Å². The molecule has 2 aromatic rings. The Hall–Kier alpha value is -1.81. The van der Waals surface area contributed by atoms with Crippen LogP contribution < -0.4 is 0 Å². The summed E-state index contributed by atoms with van der Waals surface area (Å²) in [7, 11) is 0. The van der Waals surface area contributed by atoms with Crippen LogP contribution in [0.3, 0.4) is 0 Å². The van der Waals surface area contributed by atoms with Gasteiger partial charge in [-0.05, 0) is 36.2 Å². The van der Waals surface area contributed by atoms with Crippen molar-refractivity contribution in [2.45, 2.75) is 6.92 Å². The van der Waals surface area contributed by atoms with Crippen LogP contribution in [0.15, 0.2) is 30.7 Å². The number of carbonyl (C=O) groups is 1. The maximum atomic E-state index is 12.0. The molecule has 0 amide bonds. The number of carbonyl (C=O) groups excluding carboxylic acids is 1. The maximum Gasteiger partial charge on any atom is 0.222 e. The molecule has 0 aliphatic heterocycles. The molecule has 0 bridgehead atoms. The SMILES string of the molecule is Cc1cncc(C(=O)c2ccnc(Cl)n2)c1. The monoisotopic (exact) mass is 233 g/mol. The molecule has 0 aromatic carbocycles. The lowest BCUT2D eigenvalue weighted by Gasteiger charge is -2.00. The Morgan fingerprint density at radius 1 is 1.38 bits per heavy atom. The Morgan fingerprint density at radius 2 is 2.19 bits per heavy atom. The molecule has 2 aromatic heterocycles. The largest absolute Gasteiger partial charge is 0.287 e. The molecular formula is C11H8ClN3O. The number of hydrogen-bond acceptors (Lipinski definition) is 4. The van der Waals surface area contributed by atoms with Gasteiger partial charge in [-0.3, -0.25) is 9.78 Å². The van der Waals surface area contributed by atoms with Crippen LogP contribution in [0.25, 0.3) is 0 Å². The van der Waals surface area contributed by atoms with E-state index in [-0.39, 0.29) is 16.8 Å². The highest BCUT2D eigenvalue weighted by Crippen LogP contribution is 2.09. The van der Waals surface area contributed by atoms with E-state index in [2.05, 4.69) is 15.0 Å². The molecule has 0 unspecified atom stereocenters. The molecular weight excluding hydrogens is 226 g/mol. The number of aryl methyl sites for hydroxylation is 1. The van der Waals surface area contributed by atoms with Crippen LogP contribution in [-0.4, -0.2) is 20.7 Å². The lowest BCUT2D eigenvalue weighted by atomic mass is 10.1. The summed E-state index contributed by atoms with van der Waals surface area (Å²) < 4.78 is 0. The number of halogens is 1. The third-order valence-electron chi connectivity index (χ3n) is 2.00. The van der Waals surface area contributed by atoms with Crippen LogP contribution in [-0.2, 0) is 0 Å². The number of aromatic nitrogens is 3.